The maximum Gasteiger partial charge on any atom is 0.284 e. The Bertz CT molecular complexity index is 961. The highest BCUT2D eigenvalue weighted by Gasteiger charge is 2.27. The van der Waals surface area contributed by atoms with Crippen molar-refractivity contribution in [3.63, 3.8) is 0 Å². The highest BCUT2D eigenvalue weighted by atomic mass is 16.6. The maximum absolute atomic E-state index is 12.2. The van der Waals surface area contributed by atoms with Gasteiger partial charge in [-0.15, -0.1) is 0 Å². The van der Waals surface area contributed by atoms with Gasteiger partial charge in [-0.05, 0) is 35.0 Å². The minimum Gasteiger partial charge on any atom is -0.485 e. The number of hydrogen-bond acceptors (Lipinski definition) is 4. The van der Waals surface area contributed by atoms with Crippen LogP contribution in [0.4, 0.5) is 0 Å². The lowest BCUT2D eigenvalue weighted by molar-refractivity contribution is -0.130. The Hall–Kier alpha value is -3.28. The molecular weight excluding hydrogens is 318 g/mol. The molecule has 1 aromatic heterocycles. The van der Waals surface area contributed by atoms with Crippen LogP contribution in [0.1, 0.15) is 5.69 Å². The molecule has 0 saturated carbocycles. The highest BCUT2D eigenvalue weighted by molar-refractivity contribution is 5.87. The number of nitrogens with zero attached hydrogens (tertiary/aromatic N) is 2. The first-order valence-electron chi connectivity index (χ1n) is 7.97. The molecule has 1 aliphatic heterocycles. The fourth-order valence-corrected chi connectivity index (χ4v) is 2.73. The number of hydrogen-bond donors (Lipinski definition) is 1. The first-order chi connectivity index (χ1) is 12.2. The Kier molecular flexibility index (Phi) is 3.85. The van der Waals surface area contributed by atoms with Crippen molar-refractivity contribution in [2.24, 2.45) is 12.1 Å². The van der Waals surface area contributed by atoms with Gasteiger partial charge in [0.2, 0.25) is 6.10 Å². The standard InChI is InChI=1S/C19H17N3O3/c1-22-8-4-7-15(22)11-20-21-19(23)18-12-24-16-9-13-5-2-3-6-14(13)10-17(16)25-18/h2-11,18H,12H2,1H3,(H,21,23)/b20-11+/t18-/m1/s1. The quantitative estimate of drug-likeness (QED) is 0.591. The predicted octanol–water partition coefficient (Wildman–Crippen LogP) is 2.47. The number of ether oxygens (including phenoxy) is 2. The van der Waals surface area contributed by atoms with Gasteiger partial charge in [0.1, 0.15) is 6.61 Å². The van der Waals surface area contributed by atoms with E-state index in [9.17, 15) is 4.79 Å². The Labute approximate surface area is 144 Å². The third-order valence-corrected chi connectivity index (χ3v) is 4.12. The number of carbonyl (C=O) groups is 1. The van der Waals surface area contributed by atoms with Crippen LogP contribution in [-0.2, 0) is 11.8 Å². The van der Waals surface area contributed by atoms with Crippen LogP contribution in [0, 0.1) is 0 Å². The summed E-state index contributed by atoms with van der Waals surface area (Å²) in [6.07, 6.45) is 2.75. The van der Waals surface area contributed by atoms with Gasteiger partial charge in [0.15, 0.2) is 11.5 Å². The normalized spacial score (nSPS) is 16.3. The molecule has 6 heteroatoms. The smallest absolute Gasteiger partial charge is 0.284 e. The summed E-state index contributed by atoms with van der Waals surface area (Å²) in [7, 11) is 1.91. The van der Waals surface area contributed by atoms with Gasteiger partial charge in [0.25, 0.3) is 5.91 Å². The molecule has 0 bridgehead atoms. The molecule has 4 rings (SSSR count). The number of hydrazone groups is 1. The summed E-state index contributed by atoms with van der Waals surface area (Å²) in [5, 5.41) is 6.08. The van der Waals surface area contributed by atoms with Crippen molar-refractivity contribution >= 4 is 22.9 Å². The second kappa shape index (κ2) is 6.32. The lowest BCUT2D eigenvalue weighted by Crippen LogP contribution is -2.42. The van der Waals surface area contributed by atoms with Gasteiger partial charge in [-0.1, -0.05) is 24.3 Å². The van der Waals surface area contributed by atoms with E-state index in [1.54, 1.807) is 6.21 Å². The van der Waals surface area contributed by atoms with Gasteiger partial charge in [0, 0.05) is 13.2 Å². The number of rotatable bonds is 3. The predicted molar refractivity (Wildman–Crippen MR) is 95.0 cm³/mol. The summed E-state index contributed by atoms with van der Waals surface area (Å²) in [4.78, 5) is 12.2. The molecule has 25 heavy (non-hydrogen) atoms. The van der Waals surface area contributed by atoms with E-state index in [1.807, 2.05) is 66.3 Å². The molecule has 2 aromatic carbocycles. The molecule has 1 atom stereocenters. The van der Waals surface area contributed by atoms with E-state index in [4.69, 9.17) is 9.47 Å². The van der Waals surface area contributed by atoms with Gasteiger partial charge in [0.05, 0.1) is 11.9 Å². The van der Waals surface area contributed by atoms with E-state index in [0.717, 1.165) is 16.5 Å². The van der Waals surface area contributed by atoms with Crippen molar-refractivity contribution in [1.29, 1.82) is 0 Å². The van der Waals surface area contributed by atoms with E-state index >= 15 is 0 Å². The fourth-order valence-electron chi connectivity index (χ4n) is 2.73. The van der Waals surface area contributed by atoms with Crippen molar-refractivity contribution in [3.05, 3.63) is 60.4 Å². The first kappa shape index (κ1) is 15.3. The monoisotopic (exact) mass is 335 g/mol. The topological polar surface area (TPSA) is 64.9 Å². The molecule has 0 radical (unpaired) electrons. The Balaban J connectivity index is 1.46. The van der Waals surface area contributed by atoms with Crippen molar-refractivity contribution in [3.8, 4) is 11.5 Å². The highest BCUT2D eigenvalue weighted by Crippen LogP contribution is 2.35. The molecule has 6 nitrogen and oxygen atoms in total. The fraction of sp³-hybridized carbons (Fsp3) is 0.158. The SMILES string of the molecule is Cn1cccc1/C=N/NC(=O)[C@H]1COc2cc3ccccc3cc2O1. The number of nitrogens with one attached hydrogen (secondary N) is 1. The van der Waals surface area contributed by atoms with Crippen LogP contribution in [0.15, 0.2) is 59.8 Å². The van der Waals surface area contributed by atoms with Crippen LogP contribution in [0.5, 0.6) is 11.5 Å². The average Bonchev–Trinajstić information content (AvgIpc) is 3.04. The number of fused-ring (bicyclic) bond motifs is 2. The van der Waals surface area contributed by atoms with Crippen molar-refractivity contribution < 1.29 is 14.3 Å². The van der Waals surface area contributed by atoms with Crippen LogP contribution in [0.3, 0.4) is 0 Å². The number of aryl methyl sites for hydroxylation is 1. The zero-order valence-corrected chi connectivity index (χ0v) is 13.7. The van der Waals surface area contributed by atoms with Crippen molar-refractivity contribution in [1.82, 2.24) is 9.99 Å². The molecule has 1 amide bonds. The molecule has 126 valence electrons. The molecule has 0 aliphatic carbocycles. The molecule has 0 saturated heterocycles. The molecule has 0 fully saturated rings. The van der Waals surface area contributed by atoms with Crippen LogP contribution in [-0.4, -0.2) is 29.4 Å². The second-order valence-electron chi connectivity index (χ2n) is 5.84. The Morgan fingerprint density at radius 1 is 1.20 bits per heavy atom. The van der Waals surface area contributed by atoms with E-state index in [0.29, 0.717) is 11.5 Å². The first-order valence-corrected chi connectivity index (χ1v) is 7.97. The van der Waals surface area contributed by atoms with Crippen LogP contribution < -0.4 is 14.9 Å². The number of aromatic nitrogens is 1. The van der Waals surface area contributed by atoms with Gasteiger partial charge in [-0.2, -0.15) is 5.10 Å². The van der Waals surface area contributed by atoms with Crippen LogP contribution >= 0.6 is 0 Å². The molecular formula is C19H17N3O3. The second-order valence-corrected chi connectivity index (χ2v) is 5.84. The average molecular weight is 335 g/mol. The number of amides is 1. The van der Waals surface area contributed by atoms with E-state index in [1.165, 1.54) is 0 Å². The van der Waals surface area contributed by atoms with Crippen LogP contribution in [0.2, 0.25) is 0 Å². The molecule has 2 heterocycles. The van der Waals surface area contributed by atoms with Gasteiger partial charge >= 0.3 is 0 Å². The minimum atomic E-state index is -0.737. The number of carbonyl (C=O) groups excluding carboxylic acids is 1. The molecule has 1 aliphatic rings. The minimum absolute atomic E-state index is 0.150. The van der Waals surface area contributed by atoms with Crippen molar-refractivity contribution in [2.45, 2.75) is 6.10 Å². The largest absolute Gasteiger partial charge is 0.485 e. The summed E-state index contributed by atoms with van der Waals surface area (Å²) in [5.41, 5.74) is 3.38. The van der Waals surface area contributed by atoms with Crippen molar-refractivity contribution in [2.75, 3.05) is 6.61 Å². The molecule has 1 N–H and O–H groups in total. The summed E-state index contributed by atoms with van der Waals surface area (Å²) in [6.45, 7) is 0.150. The molecule has 3 aromatic rings. The van der Waals surface area contributed by atoms with E-state index in [-0.39, 0.29) is 12.5 Å². The van der Waals surface area contributed by atoms with Crippen LogP contribution in [0.25, 0.3) is 10.8 Å². The Morgan fingerprint density at radius 3 is 2.68 bits per heavy atom. The summed E-state index contributed by atoms with van der Waals surface area (Å²) in [5.74, 6) is 0.871. The third-order valence-electron chi connectivity index (χ3n) is 4.12. The summed E-state index contributed by atoms with van der Waals surface area (Å²) in [6, 6.07) is 15.5. The zero-order valence-electron chi connectivity index (χ0n) is 13.7. The van der Waals surface area contributed by atoms with Gasteiger partial charge in [-0.25, -0.2) is 5.43 Å². The molecule has 0 unspecified atom stereocenters. The Morgan fingerprint density at radius 2 is 1.96 bits per heavy atom. The van der Waals surface area contributed by atoms with E-state index in [2.05, 4.69) is 10.5 Å². The summed E-state index contributed by atoms with van der Waals surface area (Å²) >= 11 is 0. The van der Waals surface area contributed by atoms with Gasteiger partial charge < -0.3 is 14.0 Å². The van der Waals surface area contributed by atoms with Gasteiger partial charge in [-0.3, -0.25) is 4.79 Å². The third kappa shape index (κ3) is 3.06. The lowest BCUT2D eigenvalue weighted by Gasteiger charge is -2.25. The van der Waals surface area contributed by atoms with E-state index < -0.39 is 6.10 Å². The maximum atomic E-state index is 12.2. The number of benzene rings is 2. The summed E-state index contributed by atoms with van der Waals surface area (Å²) < 4.78 is 13.4. The molecule has 0 spiro atoms. The lowest BCUT2D eigenvalue weighted by atomic mass is 10.1. The zero-order chi connectivity index (χ0) is 17.2.